The number of anilines is 3. The van der Waals surface area contributed by atoms with Crippen molar-refractivity contribution in [2.24, 2.45) is 0 Å². The number of aryl methyl sites for hydroxylation is 1. The number of aromatic nitrogens is 2. The summed E-state index contributed by atoms with van der Waals surface area (Å²) in [6.45, 7) is 2.56. The highest BCUT2D eigenvalue weighted by atomic mass is 16.5. The van der Waals surface area contributed by atoms with Crippen molar-refractivity contribution in [2.45, 2.75) is 25.9 Å². The molecule has 0 bridgehead atoms. The van der Waals surface area contributed by atoms with Crippen molar-refractivity contribution < 1.29 is 9.53 Å². The fraction of sp³-hybridized carbons (Fsp3) is 0.312. The Labute approximate surface area is 128 Å². The molecule has 1 aromatic carbocycles. The minimum absolute atomic E-state index is 0.0809. The van der Waals surface area contributed by atoms with Crippen LogP contribution in [0.1, 0.15) is 18.5 Å². The highest BCUT2D eigenvalue weighted by Crippen LogP contribution is 2.19. The van der Waals surface area contributed by atoms with E-state index in [1.54, 1.807) is 0 Å². The lowest BCUT2D eigenvalue weighted by Gasteiger charge is -2.11. The molecule has 0 radical (unpaired) electrons. The highest BCUT2D eigenvalue weighted by Gasteiger charge is 2.23. The smallest absolute Gasteiger partial charge is 0.253 e. The molecule has 2 heterocycles. The second-order valence-corrected chi connectivity index (χ2v) is 5.25. The molecule has 1 aromatic heterocycles. The lowest BCUT2D eigenvalue weighted by atomic mass is 10.2. The number of ether oxygens (including phenoxy) is 1. The van der Waals surface area contributed by atoms with E-state index in [1.165, 1.54) is 0 Å². The van der Waals surface area contributed by atoms with Gasteiger partial charge in [-0.15, -0.1) is 5.10 Å². The van der Waals surface area contributed by atoms with Crippen molar-refractivity contribution in [1.82, 2.24) is 10.2 Å². The maximum Gasteiger partial charge on any atom is 0.253 e. The molecule has 1 aliphatic rings. The summed E-state index contributed by atoms with van der Waals surface area (Å²) in [7, 11) is 0. The van der Waals surface area contributed by atoms with E-state index in [2.05, 4.69) is 20.8 Å². The van der Waals surface area contributed by atoms with Gasteiger partial charge in [0.05, 0.1) is 5.69 Å². The minimum atomic E-state index is -0.319. The van der Waals surface area contributed by atoms with Crippen molar-refractivity contribution in [3.05, 3.63) is 42.1 Å². The Morgan fingerprint density at radius 3 is 2.55 bits per heavy atom. The van der Waals surface area contributed by atoms with Gasteiger partial charge in [0, 0.05) is 18.0 Å². The highest BCUT2D eigenvalue weighted by molar-refractivity contribution is 5.94. The van der Waals surface area contributed by atoms with Gasteiger partial charge in [0.15, 0.2) is 5.82 Å². The Balaban J connectivity index is 1.60. The topological polar surface area (TPSA) is 76.1 Å². The summed E-state index contributed by atoms with van der Waals surface area (Å²) in [4.78, 5) is 12.0. The average molecular weight is 298 g/mol. The van der Waals surface area contributed by atoms with Crippen molar-refractivity contribution in [1.29, 1.82) is 0 Å². The van der Waals surface area contributed by atoms with Gasteiger partial charge in [-0.2, -0.15) is 5.10 Å². The normalized spacial score (nSPS) is 17.2. The Morgan fingerprint density at radius 2 is 1.91 bits per heavy atom. The van der Waals surface area contributed by atoms with Crippen LogP contribution < -0.4 is 10.6 Å². The van der Waals surface area contributed by atoms with E-state index in [9.17, 15) is 4.79 Å². The van der Waals surface area contributed by atoms with Crippen LogP contribution >= 0.6 is 0 Å². The van der Waals surface area contributed by atoms with E-state index in [-0.39, 0.29) is 12.0 Å². The van der Waals surface area contributed by atoms with Gasteiger partial charge < -0.3 is 15.4 Å². The molecule has 1 unspecified atom stereocenters. The molecule has 1 aliphatic heterocycles. The summed E-state index contributed by atoms with van der Waals surface area (Å²) in [6.07, 6.45) is 1.41. The van der Waals surface area contributed by atoms with Crippen molar-refractivity contribution in [2.75, 3.05) is 17.2 Å². The van der Waals surface area contributed by atoms with Crippen molar-refractivity contribution >= 4 is 23.1 Å². The summed E-state index contributed by atoms with van der Waals surface area (Å²) in [5.74, 6) is 0.601. The Bertz CT molecular complexity index is 634. The number of hydrogen-bond acceptors (Lipinski definition) is 5. The van der Waals surface area contributed by atoms with E-state index < -0.39 is 0 Å². The van der Waals surface area contributed by atoms with Crippen LogP contribution in [0.2, 0.25) is 0 Å². The molecule has 0 spiro atoms. The molecule has 0 aliphatic carbocycles. The van der Waals surface area contributed by atoms with E-state index in [1.807, 2.05) is 43.3 Å². The fourth-order valence-electron chi connectivity index (χ4n) is 2.26. The number of amides is 1. The number of benzene rings is 1. The molecule has 22 heavy (non-hydrogen) atoms. The lowest BCUT2D eigenvalue weighted by molar-refractivity contribution is -0.124. The molecular formula is C16H18N4O2. The van der Waals surface area contributed by atoms with Crippen LogP contribution in [0.3, 0.4) is 0 Å². The lowest BCUT2D eigenvalue weighted by Crippen LogP contribution is -2.26. The third kappa shape index (κ3) is 3.59. The maximum atomic E-state index is 12.0. The van der Waals surface area contributed by atoms with Gasteiger partial charge in [-0.3, -0.25) is 4.79 Å². The molecule has 1 atom stereocenters. The summed E-state index contributed by atoms with van der Waals surface area (Å²) in [5, 5.41) is 14.1. The zero-order chi connectivity index (χ0) is 15.4. The fourth-order valence-corrected chi connectivity index (χ4v) is 2.26. The molecule has 1 fully saturated rings. The van der Waals surface area contributed by atoms with E-state index in [0.29, 0.717) is 12.4 Å². The maximum absolute atomic E-state index is 12.0. The third-order valence-corrected chi connectivity index (χ3v) is 3.44. The summed E-state index contributed by atoms with van der Waals surface area (Å²) in [6, 6.07) is 11.2. The number of carbonyl (C=O) groups excluding carboxylic acids is 1. The summed E-state index contributed by atoms with van der Waals surface area (Å²) >= 11 is 0. The molecule has 1 saturated heterocycles. The molecule has 6 heteroatoms. The van der Waals surface area contributed by atoms with E-state index >= 15 is 0 Å². The summed E-state index contributed by atoms with van der Waals surface area (Å²) in [5.41, 5.74) is 2.51. The molecule has 2 N–H and O–H groups in total. The van der Waals surface area contributed by atoms with Gasteiger partial charge in [0.2, 0.25) is 0 Å². The van der Waals surface area contributed by atoms with Crippen LogP contribution in [0.25, 0.3) is 0 Å². The minimum Gasteiger partial charge on any atom is -0.368 e. The summed E-state index contributed by atoms with van der Waals surface area (Å²) < 4.78 is 5.36. The van der Waals surface area contributed by atoms with Crippen LogP contribution in [-0.4, -0.2) is 28.8 Å². The Kier molecular flexibility index (Phi) is 4.29. The molecule has 0 saturated carbocycles. The van der Waals surface area contributed by atoms with Gasteiger partial charge in [0.25, 0.3) is 5.91 Å². The second-order valence-electron chi connectivity index (χ2n) is 5.25. The largest absolute Gasteiger partial charge is 0.368 e. The van der Waals surface area contributed by atoms with E-state index in [0.717, 1.165) is 29.9 Å². The average Bonchev–Trinajstić information content (AvgIpc) is 3.06. The van der Waals surface area contributed by atoms with Crippen molar-refractivity contribution in [3.63, 3.8) is 0 Å². The molecule has 1 amide bonds. The Morgan fingerprint density at radius 1 is 1.14 bits per heavy atom. The molecule has 114 valence electrons. The monoisotopic (exact) mass is 298 g/mol. The zero-order valence-electron chi connectivity index (χ0n) is 12.4. The first kappa shape index (κ1) is 14.5. The molecule has 6 nitrogen and oxygen atoms in total. The van der Waals surface area contributed by atoms with Gasteiger partial charge in [-0.25, -0.2) is 0 Å². The number of nitrogens with zero attached hydrogens (tertiary/aromatic N) is 2. The second kappa shape index (κ2) is 6.53. The molecule has 2 aromatic rings. The predicted molar refractivity (Wildman–Crippen MR) is 84.1 cm³/mol. The van der Waals surface area contributed by atoms with Crippen LogP contribution in [0.4, 0.5) is 17.2 Å². The van der Waals surface area contributed by atoms with Gasteiger partial charge >= 0.3 is 0 Å². The number of rotatable bonds is 4. The first-order valence-electron chi connectivity index (χ1n) is 7.30. The zero-order valence-corrected chi connectivity index (χ0v) is 12.4. The quantitative estimate of drug-likeness (QED) is 0.907. The van der Waals surface area contributed by atoms with Gasteiger partial charge in [-0.1, -0.05) is 0 Å². The third-order valence-electron chi connectivity index (χ3n) is 3.44. The number of hydrogen-bond donors (Lipinski definition) is 2. The number of nitrogens with one attached hydrogen (secondary N) is 2. The Hall–Kier alpha value is -2.47. The van der Waals surface area contributed by atoms with Crippen LogP contribution in [0, 0.1) is 6.92 Å². The van der Waals surface area contributed by atoms with Crippen molar-refractivity contribution in [3.8, 4) is 0 Å². The predicted octanol–water partition coefficient (Wildman–Crippen LogP) is 2.65. The standard InChI is InChI=1S/C16H18N4O2/c1-11-4-9-15(20-19-11)17-12-5-7-13(8-6-12)18-16(21)14-3-2-10-22-14/h4-9,14H,2-3,10H2,1H3,(H,17,20)(H,18,21). The molecule has 3 rings (SSSR count). The first-order valence-corrected chi connectivity index (χ1v) is 7.30. The first-order chi connectivity index (χ1) is 10.7. The van der Waals surface area contributed by atoms with Crippen LogP contribution in [0.15, 0.2) is 36.4 Å². The number of carbonyl (C=O) groups is 1. The van der Waals surface area contributed by atoms with Crippen LogP contribution in [-0.2, 0) is 9.53 Å². The van der Waals surface area contributed by atoms with Gasteiger partial charge in [-0.05, 0) is 56.2 Å². The van der Waals surface area contributed by atoms with E-state index in [4.69, 9.17) is 4.74 Å². The van der Waals surface area contributed by atoms with Crippen LogP contribution in [0.5, 0.6) is 0 Å². The molecular weight excluding hydrogens is 280 g/mol. The SMILES string of the molecule is Cc1ccc(Nc2ccc(NC(=O)C3CCCO3)cc2)nn1. The van der Waals surface area contributed by atoms with Gasteiger partial charge in [0.1, 0.15) is 6.10 Å².